The summed E-state index contributed by atoms with van der Waals surface area (Å²) in [6.45, 7) is 6.45. The van der Waals surface area contributed by atoms with Crippen molar-refractivity contribution in [1.29, 1.82) is 0 Å². The summed E-state index contributed by atoms with van der Waals surface area (Å²) in [5, 5.41) is 7.03. The van der Waals surface area contributed by atoms with Crippen LogP contribution in [0.2, 0.25) is 0 Å². The van der Waals surface area contributed by atoms with E-state index in [2.05, 4.69) is 15.4 Å². The lowest BCUT2D eigenvalue weighted by molar-refractivity contribution is -0.123. The van der Waals surface area contributed by atoms with Gasteiger partial charge in [-0.2, -0.15) is 0 Å². The first-order valence-corrected chi connectivity index (χ1v) is 8.75. The van der Waals surface area contributed by atoms with E-state index in [1.165, 1.54) is 0 Å². The van der Waals surface area contributed by atoms with Crippen molar-refractivity contribution >= 4 is 5.91 Å². The van der Waals surface area contributed by atoms with E-state index in [-0.39, 0.29) is 18.6 Å². The third-order valence-corrected chi connectivity index (χ3v) is 4.63. The lowest BCUT2D eigenvalue weighted by atomic mass is 10.2. The minimum absolute atomic E-state index is 0.00664. The zero-order chi connectivity index (χ0) is 18.5. The van der Waals surface area contributed by atoms with E-state index >= 15 is 0 Å². The standard InChI is InChI=1S/C19H25N3O4/c1-13-18(14(2)26-21-13)11-22-9-8-15(10-22)20-19(23)12-25-17-6-4-16(24-3)5-7-17/h4-7,15H,8-12H2,1-3H3,(H,20,23)/t15-/m0/s1. The molecule has 1 fully saturated rings. The van der Waals surface area contributed by atoms with Gasteiger partial charge in [0.15, 0.2) is 6.61 Å². The molecule has 1 aromatic heterocycles. The Kier molecular flexibility index (Phi) is 5.78. The molecule has 7 heteroatoms. The van der Waals surface area contributed by atoms with Gasteiger partial charge in [-0.25, -0.2) is 0 Å². The number of aromatic nitrogens is 1. The van der Waals surface area contributed by atoms with E-state index in [1.807, 2.05) is 13.8 Å². The van der Waals surface area contributed by atoms with Crippen molar-refractivity contribution in [3.8, 4) is 11.5 Å². The van der Waals surface area contributed by atoms with Gasteiger partial charge in [0.2, 0.25) is 0 Å². The highest BCUT2D eigenvalue weighted by Gasteiger charge is 2.25. The number of ether oxygens (including phenoxy) is 2. The van der Waals surface area contributed by atoms with Crippen LogP contribution in [0.4, 0.5) is 0 Å². The summed E-state index contributed by atoms with van der Waals surface area (Å²) in [5.41, 5.74) is 2.07. The fourth-order valence-electron chi connectivity index (χ4n) is 3.14. The molecule has 26 heavy (non-hydrogen) atoms. The van der Waals surface area contributed by atoms with Crippen molar-refractivity contribution < 1.29 is 18.8 Å². The van der Waals surface area contributed by atoms with E-state index in [0.717, 1.165) is 48.8 Å². The minimum atomic E-state index is -0.106. The summed E-state index contributed by atoms with van der Waals surface area (Å²) in [4.78, 5) is 14.4. The molecule has 1 N–H and O–H groups in total. The number of benzene rings is 1. The number of carbonyl (C=O) groups is 1. The van der Waals surface area contributed by atoms with Gasteiger partial charge < -0.3 is 19.3 Å². The van der Waals surface area contributed by atoms with Crippen LogP contribution >= 0.6 is 0 Å². The molecule has 0 radical (unpaired) electrons. The van der Waals surface area contributed by atoms with Gasteiger partial charge >= 0.3 is 0 Å². The number of hydrogen-bond donors (Lipinski definition) is 1. The van der Waals surface area contributed by atoms with E-state index in [0.29, 0.717) is 5.75 Å². The zero-order valence-electron chi connectivity index (χ0n) is 15.4. The van der Waals surface area contributed by atoms with Crippen molar-refractivity contribution in [3.63, 3.8) is 0 Å². The summed E-state index contributed by atoms with van der Waals surface area (Å²) in [7, 11) is 1.61. The maximum absolute atomic E-state index is 12.1. The third-order valence-electron chi connectivity index (χ3n) is 4.63. The first kappa shape index (κ1) is 18.3. The molecule has 1 amide bonds. The van der Waals surface area contributed by atoms with Crippen LogP contribution in [0.1, 0.15) is 23.4 Å². The molecule has 7 nitrogen and oxygen atoms in total. The predicted octanol–water partition coefficient (Wildman–Crippen LogP) is 2.07. The zero-order valence-corrected chi connectivity index (χ0v) is 15.4. The Morgan fingerprint density at radius 1 is 1.31 bits per heavy atom. The Balaban J connectivity index is 1.42. The molecule has 3 rings (SSSR count). The second-order valence-electron chi connectivity index (χ2n) is 6.56. The maximum Gasteiger partial charge on any atom is 0.258 e. The van der Waals surface area contributed by atoms with Gasteiger partial charge in [0.1, 0.15) is 17.3 Å². The molecule has 2 heterocycles. The fraction of sp³-hybridized carbons (Fsp3) is 0.474. The predicted molar refractivity (Wildman–Crippen MR) is 96.3 cm³/mol. The van der Waals surface area contributed by atoms with Crippen LogP contribution in [0.3, 0.4) is 0 Å². The van der Waals surface area contributed by atoms with Crippen molar-refractivity contribution in [2.45, 2.75) is 32.9 Å². The average Bonchev–Trinajstić information content (AvgIpc) is 3.22. The second kappa shape index (κ2) is 8.23. The maximum atomic E-state index is 12.1. The molecule has 0 unspecified atom stereocenters. The van der Waals surface area contributed by atoms with Crippen LogP contribution in [-0.2, 0) is 11.3 Å². The minimum Gasteiger partial charge on any atom is -0.497 e. The lowest BCUT2D eigenvalue weighted by Crippen LogP contribution is -2.39. The van der Waals surface area contributed by atoms with Crippen molar-refractivity contribution in [2.24, 2.45) is 0 Å². The van der Waals surface area contributed by atoms with Crippen LogP contribution in [0.15, 0.2) is 28.8 Å². The largest absolute Gasteiger partial charge is 0.497 e. The van der Waals surface area contributed by atoms with Crippen LogP contribution in [0, 0.1) is 13.8 Å². The molecule has 1 aliphatic rings. The van der Waals surface area contributed by atoms with Crippen molar-refractivity contribution in [2.75, 3.05) is 26.8 Å². The lowest BCUT2D eigenvalue weighted by Gasteiger charge is -2.16. The first-order valence-electron chi connectivity index (χ1n) is 8.75. The van der Waals surface area contributed by atoms with Crippen LogP contribution < -0.4 is 14.8 Å². The van der Waals surface area contributed by atoms with E-state index in [4.69, 9.17) is 14.0 Å². The topological polar surface area (TPSA) is 76.8 Å². The van der Waals surface area contributed by atoms with Crippen molar-refractivity contribution in [1.82, 2.24) is 15.4 Å². The number of amides is 1. The Morgan fingerprint density at radius 2 is 2.04 bits per heavy atom. The van der Waals surface area contributed by atoms with Crippen LogP contribution in [0.5, 0.6) is 11.5 Å². The van der Waals surface area contributed by atoms with Gasteiger partial charge in [0.25, 0.3) is 5.91 Å². The average molecular weight is 359 g/mol. The normalized spacial score (nSPS) is 17.3. The molecule has 0 saturated carbocycles. The summed E-state index contributed by atoms with van der Waals surface area (Å²) in [6, 6.07) is 7.32. The smallest absolute Gasteiger partial charge is 0.258 e. The second-order valence-corrected chi connectivity index (χ2v) is 6.56. The van der Waals surface area contributed by atoms with E-state index in [9.17, 15) is 4.79 Å². The van der Waals surface area contributed by atoms with Gasteiger partial charge in [-0.3, -0.25) is 9.69 Å². The molecule has 140 valence electrons. The summed E-state index contributed by atoms with van der Waals surface area (Å²) in [6.07, 6.45) is 0.928. The molecule has 0 bridgehead atoms. The molecule has 1 atom stereocenters. The van der Waals surface area contributed by atoms with Gasteiger partial charge in [-0.05, 0) is 44.5 Å². The van der Waals surface area contributed by atoms with E-state index in [1.54, 1.807) is 31.4 Å². The fourth-order valence-corrected chi connectivity index (χ4v) is 3.14. The highest BCUT2D eigenvalue weighted by atomic mass is 16.5. The van der Waals surface area contributed by atoms with Gasteiger partial charge in [0.05, 0.1) is 12.8 Å². The molecule has 1 saturated heterocycles. The molecule has 1 aliphatic heterocycles. The highest BCUT2D eigenvalue weighted by Crippen LogP contribution is 2.19. The molecule has 0 spiro atoms. The quantitative estimate of drug-likeness (QED) is 0.816. The van der Waals surface area contributed by atoms with Gasteiger partial charge in [-0.1, -0.05) is 5.16 Å². The molecular weight excluding hydrogens is 334 g/mol. The van der Waals surface area contributed by atoms with E-state index < -0.39 is 0 Å². The number of nitrogens with one attached hydrogen (secondary N) is 1. The van der Waals surface area contributed by atoms with Gasteiger partial charge in [0, 0.05) is 31.2 Å². The Bertz CT molecular complexity index is 722. The monoisotopic (exact) mass is 359 g/mol. The Morgan fingerprint density at radius 3 is 2.69 bits per heavy atom. The number of rotatable bonds is 7. The SMILES string of the molecule is COc1ccc(OCC(=O)N[C@H]2CCN(Cc3c(C)noc3C)C2)cc1. The molecular formula is C19H25N3O4. The Hall–Kier alpha value is -2.54. The molecule has 1 aromatic carbocycles. The number of nitrogens with zero attached hydrogens (tertiary/aromatic N) is 2. The number of methoxy groups -OCH3 is 1. The van der Waals surface area contributed by atoms with Gasteiger partial charge in [-0.15, -0.1) is 0 Å². The molecule has 2 aromatic rings. The first-order chi connectivity index (χ1) is 12.5. The Labute approximate surface area is 153 Å². The van der Waals surface area contributed by atoms with Crippen molar-refractivity contribution in [3.05, 3.63) is 41.3 Å². The summed E-state index contributed by atoms with van der Waals surface area (Å²) in [5.74, 6) is 2.16. The van der Waals surface area contributed by atoms with Crippen LogP contribution in [-0.4, -0.2) is 48.8 Å². The summed E-state index contributed by atoms with van der Waals surface area (Å²) >= 11 is 0. The summed E-state index contributed by atoms with van der Waals surface area (Å²) < 4.78 is 15.8. The van der Waals surface area contributed by atoms with Crippen LogP contribution in [0.25, 0.3) is 0 Å². The number of aryl methyl sites for hydroxylation is 2. The number of hydrogen-bond acceptors (Lipinski definition) is 6. The highest BCUT2D eigenvalue weighted by molar-refractivity contribution is 5.77. The number of likely N-dealkylation sites (tertiary alicyclic amines) is 1. The third kappa shape index (κ3) is 4.54. The number of carbonyl (C=O) groups excluding carboxylic acids is 1. The molecule has 0 aliphatic carbocycles.